The summed E-state index contributed by atoms with van der Waals surface area (Å²) < 4.78 is 5.77. The normalized spacial score (nSPS) is 20.2. The number of rotatable bonds is 5. The maximum absolute atomic E-state index is 12.5. The minimum Gasteiger partial charge on any atom is -0.440 e. The van der Waals surface area contributed by atoms with Crippen molar-refractivity contribution >= 4 is 22.7 Å². The van der Waals surface area contributed by atoms with E-state index in [0.717, 1.165) is 48.4 Å². The first-order chi connectivity index (χ1) is 11.7. The van der Waals surface area contributed by atoms with Gasteiger partial charge in [0.15, 0.2) is 11.5 Å². The van der Waals surface area contributed by atoms with Crippen LogP contribution in [-0.2, 0) is 4.79 Å². The van der Waals surface area contributed by atoms with Crippen LogP contribution in [0.5, 0.6) is 0 Å². The molecule has 1 aromatic carbocycles. The minimum absolute atomic E-state index is 0.0144. The summed E-state index contributed by atoms with van der Waals surface area (Å²) in [5.74, 6) is 1.37. The van der Waals surface area contributed by atoms with E-state index in [1.807, 2.05) is 18.2 Å². The van der Waals surface area contributed by atoms with Crippen LogP contribution in [0.1, 0.15) is 63.2 Å². The van der Waals surface area contributed by atoms with E-state index in [4.69, 9.17) is 10.2 Å². The number of nitrogens with two attached hydrogens (primary N) is 1. The van der Waals surface area contributed by atoms with Crippen molar-refractivity contribution in [2.75, 3.05) is 11.9 Å². The van der Waals surface area contributed by atoms with E-state index >= 15 is 0 Å². The Kier molecular flexibility index (Phi) is 4.04. The molecule has 0 atom stereocenters. The maximum Gasteiger partial charge on any atom is 0.224 e. The summed E-state index contributed by atoms with van der Waals surface area (Å²) >= 11 is 0. The number of benzene rings is 1. The van der Waals surface area contributed by atoms with Gasteiger partial charge in [-0.1, -0.05) is 19.3 Å². The standard InChI is InChI=1S/C19H25N3O2/c20-12-19(8-2-1-3-9-19)11-17(23)21-14-6-7-16-15(10-14)22-18(24-16)13-4-5-13/h6-7,10,13H,1-5,8-9,11-12,20H2,(H,21,23). The van der Waals surface area contributed by atoms with Gasteiger partial charge in [-0.2, -0.15) is 0 Å². The first-order valence-corrected chi connectivity index (χ1v) is 9.08. The second-order valence-corrected chi connectivity index (χ2v) is 7.50. The summed E-state index contributed by atoms with van der Waals surface area (Å²) in [4.78, 5) is 17.0. The fourth-order valence-corrected chi connectivity index (χ4v) is 3.83. The summed E-state index contributed by atoms with van der Waals surface area (Å²) in [5.41, 5.74) is 8.37. The van der Waals surface area contributed by atoms with E-state index in [1.165, 1.54) is 19.3 Å². The zero-order valence-corrected chi connectivity index (χ0v) is 14.0. The number of carbonyl (C=O) groups excluding carboxylic acids is 1. The molecule has 24 heavy (non-hydrogen) atoms. The lowest BCUT2D eigenvalue weighted by Crippen LogP contribution is -2.36. The SMILES string of the molecule is NCC1(CC(=O)Nc2ccc3oc(C4CC4)nc3c2)CCCCC1. The maximum atomic E-state index is 12.5. The van der Waals surface area contributed by atoms with Gasteiger partial charge in [0.2, 0.25) is 5.91 Å². The molecule has 5 nitrogen and oxygen atoms in total. The topological polar surface area (TPSA) is 81.2 Å². The second kappa shape index (κ2) is 6.20. The number of hydrogen-bond donors (Lipinski definition) is 2. The predicted octanol–water partition coefficient (Wildman–Crippen LogP) is 3.94. The van der Waals surface area contributed by atoms with Crippen molar-refractivity contribution in [3.63, 3.8) is 0 Å². The number of carbonyl (C=O) groups is 1. The Hall–Kier alpha value is -1.88. The van der Waals surface area contributed by atoms with Crippen molar-refractivity contribution in [1.82, 2.24) is 4.98 Å². The summed E-state index contributed by atoms with van der Waals surface area (Å²) in [6, 6.07) is 5.68. The number of nitrogens with zero attached hydrogens (tertiary/aromatic N) is 1. The third kappa shape index (κ3) is 3.18. The molecule has 2 aromatic rings. The highest BCUT2D eigenvalue weighted by Crippen LogP contribution is 2.41. The number of anilines is 1. The molecule has 1 heterocycles. The highest BCUT2D eigenvalue weighted by atomic mass is 16.3. The van der Waals surface area contributed by atoms with Crippen molar-refractivity contribution in [1.29, 1.82) is 0 Å². The summed E-state index contributed by atoms with van der Waals surface area (Å²) in [7, 11) is 0. The van der Waals surface area contributed by atoms with Crippen LogP contribution in [0.15, 0.2) is 22.6 Å². The van der Waals surface area contributed by atoms with Crippen LogP contribution in [0.2, 0.25) is 0 Å². The van der Waals surface area contributed by atoms with Crippen LogP contribution < -0.4 is 11.1 Å². The lowest BCUT2D eigenvalue weighted by Gasteiger charge is -2.35. The average Bonchev–Trinajstić information content (AvgIpc) is 3.35. The van der Waals surface area contributed by atoms with Gasteiger partial charge in [0.05, 0.1) is 0 Å². The van der Waals surface area contributed by atoms with E-state index in [0.29, 0.717) is 18.9 Å². The molecule has 0 spiro atoms. The molecule has 2 fully saturated rings. The van der Waals surface area contributed by atoms with E-state index < -0.39 is 0 Å². The van der Waals surface area contributed by atoms with Crippen molar-refractivity contribution in [3.05, 3.63) is 24.1 Å². The van der Waals surface area contributed by atoms with Crippen LogP contribution in [0.4, 0.5) is 5.69 Å². The number of fused-ring (bicyclic) bond motifs is 1. The molecule has 2 saturated carbocycles. The molecule has 128 valence electrons. The molecule has 0 radical (unpaired) electrons. The van der Waals surface area contributed by atoms with Crippen LogP contribution >= 0.6 is 0 Å². The molecule has 5 heteroatoms. The Morgan fingerprint density at radius 3 is 2.79 bits per heavy atom. The Morgan fingerprint density at radius 1 is 1.29 bits per heavy atom. The molecule has 0 saturated heterocycles. The number of amides is 1. The Labute approximate surface area is 142 Å². The largest absolute Gasteiger partial charge is 0.440 e. The molecular formula is C19H25N3O2. The van der Waals surface area contributed by atoms with E-state index in [9.17, 15) is 4.79 Å². The molecule has 0 unspecified atom stereocenters. The minimum atomic E-state index is -0.0144. The summed E-state index contributed by atoms with van der Waals surface area (Å²) in [6.07, 6.45) is 8.57. The van der Waals surface area contributed by atoms with E-state index in [-0.39, 0.29) is 11.3 Å². The summed E-state index contributed by atoms with van der Waals surface area (Å²) in [6.45, 7) is 0.591. The number of nitrogens with one attached hydrogen (secondary N) is 1. The first kappa shape index (κ1) is 15.6. The van der Waals surface area contributed by atoms with Gasteiger partial charge in [-0.15, -0.1) is 0 Å². The van der Waals surface area contributed by atoms with E-state index in [2.05, 4.69) is 10.3 Å². The smallest absolute Gasteiger partial charge is 0.224 e. The molecule has 2 aliphatic rings. The molecule has 3 N–H and O–H groups in total. The third-order valence-corrected chi connectivity index (χ3v) is 5.50. The monoisotopic (exact) mass is 327 g/mol. The number of oxazole rings is 1. The lowest BCUT2D eigenvalue weighted by atomic mass is 9.71. The Bertz CT molecular complexity index is 742. The highest BCUT2D eigenvalue weighted by molar-refractivity contribution is 5.93. The Balaban J connectivity index is 1.45. The van der Waals surface area contributed by atoms with Gasteiger partial charge in [0, 0.05) is 18.0 Å². The highest BCUT2D eigenvalue weighted by Gasteiger charge is 2.33. The molecule has 0 aliphatic heterocycles. The van der Waals surface area contributed by atoms with Crippen LogP contribution in [-0.4, -0.2) is 17.4 Å². The Morgan fingerprint density at radius 2 is 2.08 bits per heavy atom. The van der Waals surface area contributed by atoms with Gasteiger partial charge in [-0.3, -0.25) is 4.79 Å². The molecule has 0 bridgehead atoms. The van der Waals surface area contributed by atoms with Gasteiger partial charge in [0.25, 0.3) is 0 Å². The van der Waals surface area contributed by atoms with Crippen molar-refractivity contribution < 1.29 is 9.21 Å². The molecule has 2 aliphatic carbocycles. The fraction of sp³-hybridized carbons (Fsp3) is 0.579. The van der Waals surface area contributed by atoms with Crippen LogP contribution in [0.3, 0.4) is 0 Å². The van der Waals surface area contributed by atoms with Crippen LogP contribution in [0, 0.1) is 5.41 Å². The van der Waals surface area contributed by atoms with Gasteiger partial charge in [-0.25, -0.2) is 4.98 Å². The zero-order valence-electron chi connectivity index (χ0n) is 14.0. The number of hydrogen-bond acceptors (Lipinski definition) is 4. The number of aromatic nitrogens is 1. The van der Waals surface area contributed by atoms with E-state index in [1.54, 1.807) is 0 Å². The molecule has 1 amide bonds. The molecular weight excluding hydrogens is 302 g/mol. The lowest BCUT2D eigenvalue weighted by molar-refractivity contribution is -0.118. The predicted molar refractivity (Wildman–Crippen MR) is 93.8 cm³/mol. The van der Waals surface area contributed by atoms with Gasteiger partial charge in [0.1, 0.15) is 5.52 Å². The van der Waals surface area contributed by atoms with Gasteiger partial charge < -0.3 is 15.5 Å². The van der Waals surface area contributed by atoms with Crippen molar-refractivity contribution in [2.24, 2.45) is 11.1 Å². The first-order valence-electron chi connectivity index (χ1n) is 9.08. The average molecular weight is 327 g/mol. The summed E-state index contributed by atoms with van der Waals surface area (Å²) in [5, 5.41) is 3.02. The molecule has 4 rings (SSSR count). The van der Waals surface area contributed by atoms with Gasteiger partial charge >= 0.3 is 0 Å². The second-order valence-electron chi connectivity index (χ2n) is 7.50. The fourth-order valence-electron chi connectivity index (χ4n) is 3.83. The third-order valence-electron chi connectivity index (χ3n) is 5.50. The zero-order chi connectivity index (χ0) is 16.6. The quantitative estimate of drug-likeness (QED) is 0.871. The van der Waals surface area contributed by atoms with Crippen LogP contribution in [0.25, 0.3) is 11.1 Å². The van der Waals surface area contributed by atoms with Gasteiger partial charge in [-0.05, 0) is 55.8 Å². The van der Waals surface area contributed by atoms with Crippen molar-refractivity contribution in [3.8, 4) is 0 Å². The van der Waals surface area contributed by atoms with Crippen molar-refractivity contribution in [2.45, 2.75) is 57.3 Å². The molecule has 1 aromatic heterocycles.